The molecule has 0 spiro atoms. The van der Waals surface area contributed by atoms with Gasteiger partial charge in [0.25, 0.3) is 0 Å². The monoisotopic (exact) mass is 271 g/mol. The number of hydrogen-bond acceptors (Lipinski definition) is 0. The number of allylic oxidation sites excluding steroid dienone is 2. The van der Waals surface area contributed by atoms with E-state index < -0.39 is 0 Å². The molecule has 0 N–H and O–H groups in total. The van der Waals surface area contributed by atoms with Gasteiger partial charge >= 0.3 is 0 Å². The van der Waals surface area contributed by atoms with Crippen molar-refractivity contribution in [3.63, 3.8) is 0 Å². The molecule has 0 bridgehead atoms. The summed E-state index contributed by atoms with van der Waals surface area (Å²) in [5, 5.41) is 12.5. The van der Waals surface area contributed by atoms with Crippen molar-refractivity contribution < 1.29 is 5.11 Å². The van der Waals surface area contributed by atoms with Gasteiger partial charge in [0, 0.05) is 12.0 Å². The Morgan fingerprint density at radius 1 is 0.700 bits per heavy atom. The molecule has 1 aromatic carbocycles. The Balaban J connectivity index is 2.14. The minimum absolute atomic E-state index is 0.384. The van der Waals surface area contributed by atoms with Gasteiger partial charge < -0.3 is 0 Å². The van der Waals surface area contributed by atoms with Gasteiger partial charge in [0.2, 0.25) is 0 Å². The molecule has 0 aliphatic heterocycles. The highest BCUT2D eigenvalue weighted by Crippen LogP contribution is 2.28. The Bertz CT molecular complexity index is 428. The molecule has 1 aliphatic carbocycles. The van der Waals surface area contributed by atoms with Gasteiger partial charge in [0.05, 0.1) is 0 Å². The van der Waals surface area contributed by atoms with Crippen molar-refractivity contribution in [1.82, 2.24) is 0 Å². The van der Waals surface area contributed by atoms with Crippen LogP contribution in [0.25, 0.3) is 5.57 Å². The zero-order valence-corrected chi connectivity index (χ0v) is 12.8. The standard InChI is InChI=1S/C19H27O/c1-16-12-14-17(15-13-16)18-10-8-6-4-2-3-5-7-9-11-19(18)20/h12-15H,2-11H2,1H3/b19-18-. The maximum Gasteiger partial charge on any atom is 0.159 e. The first-order valence-corrected chi connectivity index (χ1v) is 8.23. The summed E-state index contributed by atoms with van der Waals surface area (Å²) < 4.78 is 0. The zero-order valence-electron chi connectivity index (χ0n) is 12.8. The minimum Gasteiger partial charge on any atom is -0.295 e. The van der Waals surface area contributed by atoms with E-state index in [9.17, 15) is 5.11 Å². The third-order valence-electron chi connectivity index (χ3n) is 4.32. The van der Waals surface area contributed by atoms with Crippen molar-refractivity contribution >= 4 is 5.57 Å². The van der Waals surface area contributed by atoms with Crippen LogP contribution in [0.15, 0.2) is 30.0 Å². The van der Waals surface area contributed by atoms with Crippen LogP contribution < -0.4 is 0 Å². The van der Waals surface area contributed by atoms with Gasteiger partial charge in [0.1, 0.15) is 0 Å². The van der Waals surface area contributed by atoms with Gasteiger partial charge in [0.15, 0.2) is 5.76 Å². The van der Waals surface area contributed by atoms with Crippen LogP contribution in [-0.4, -0.2) is 0 Å². The van der Waals surface area contributed by atoms with E-state index >= 15 is 0 Å². The fraction of sp³-hybridized carbons (Fsp3) is 0.579. The maximum atomic E-state index is 12.5. The van der Waals surface area contributed by atoms with Crippen LogP contribution in [-0.2, 0) is 5.11 Å². The summed E-state index contributed by atoms with van der Waals surface area (Å²) in [6, 6.07) is 8.47. The van der Waals surface area contributed by atoms with E-state index in [0.717, 1.165) is 36.8 Å². The second-order valence-corrected chi connectivity index (χ2v) is 6.10. The molecule has 1 aromatic rings. The minimum atomic E-state index is 0.384. The summed E-state index contributed by atoms with van der Waals surface area (Å²) in [5.74, 6) is 0.384. The largest absolute Gasteiger partial charge is 0.295 e. The molecular formula is C19H27O. The van der Waals surface area contributed by atoms with Crippen molar-refractivity contribution in [1.29, 1.82) is 0 Å². The molecule has 0 aromatic heterocycles. The summed E-state index contributed by atoms with van der Waals surface area (Å²) in [5.41, 5.74) is 3.48. The van der Waals surface area contributed by atoms with Crippen molar-refractivity contribution in [3.8, 4) is 0 Å². The second-order valence-electron chi connectivity index (χ2n) is 6.10. The van der Waals surface area contributed by atoms with Gasteiger partial charge in [-0.2, -0.15) is 0 Å². The van der Waals surface area contributed by atoms with Crippen molar-refractivity contribution in [3.05, 3.63) is 41.2 Å². The molecule has 109 valence electrons. The van der Waals surface area contributed by atoms with Crippen molar-refractivity contribution in [2.75, 3.05) is 0 Å². The first-order valence-electron chi connectivity index (χ1n) is 8.23. The predicted molar refractivity (Wildman–Crippen MR) is 85.0 cm³/mol. The van der Waals surface area contributed by atoms with Crippen LogP contribution in [0.5, 0.6) is 0 Å². The second kappa shape index (κ2) is 8.14. The Kier molecular flexibility index (Phi) is 6.17. The third kappa shape index (κ3) is 4.70. The molecule has 20 heavy (non-hydrogen) atoms. The highest BCUT2D eigenvalue weighted by molar-refractivity contribution is 5.67. The summed E-state index contributed by atoms with van der Waals surface area (Å²) >= 11 is 0. The SMILES string of the molecule is Cc1ccc(/C2=C(\[O])CCCCCCCCCC2)cc1. The van der Waals surface area contributed by atoms with Gasteiger partial charge in [-0.1, -0.05) is 68.4 Å². The number of benzene rings is 1. The molecule has 1 radical (unpaired) electrons. The average Bonchev–Trinajstić information content (AvgIpc) is 2.44. The Labute approximate surface area is 123 Å². The quantitative estimate of drug-likeness (QED) is 0.592. The number of aryl methyl sites for hydroxylation is 1. The van der Waals surface area contributed by atoms with Crippen LogP contribution in [0.3, 0.4) is 0 Å². The Morgan fingerprint density at radius 3 is 1.80 bits per heavy atom. The summed E-state index contributed by atoms with van der Waals surface area (Å²) in [6.45, 7) is 2.09. The predicted octanol–water partition coefficient (Wildman–Crippen LogP) is 6.05. The lowest BCUT2D eigenvalue weighted by Gasteiger charge is -2.12. The summed E-state index contributed by atoms with van der Waals surface area (Å²) in [7, 11) is 0. The molecular weight excluding hydrogens is 244 g/mol. The number of rotatable bonds is 1. The molecule has 0 atom stereocenters. The van der Waals surface area contributed by atoms with Gasteiger partial charge in [-0.15, -0.1) is 0 Å². The lowest BCUT2D eigenvalue weighted by atomic mass is 9.94. The molecule has 0 heterocycles. The first kappa shape index (κ1) is 15.2. The lowest BCUT2D eigenvalue weighted by Crippen LogP contribution is -1.94. The van der Waals surface area contributed by atoms with E-state index in [-0.39, 0.29) is 0 Å². The van der Waals surface area contributed by atoms with Crippen LogP contribution in [0.1, 0.15) is 75.3 Å². The van der Waals surface area contributed by atoms with Crippen LogP contribution in [0.4, 0.5) is 0 Å². The zero-order chi connectivity index (χ0) is 14.2. The molecule has 0 saturated carbocycles. The van der Waals surface area contributed by atoms with Crippen LogP contribution >= 0.6 is 0 Å². The van der Waals surface area contributed by atoms with Gasteiger partial charge in [-0.05, 0) is 31.7 Å². The normalized spacial score (nSPS) is 22.9. The van der Waals surface area contributed by atoms with E-state index in [1.807, 2.05) is 0 Å². The fourth-order valence-corrected chi connectivity index (χ4v) is 3.00. The number of hydrogen-bond donors (Lipinski definition) is 0. The molecule has 1 nitrogen and oxygen atoms in total. The molecule has 0 amide bonds. The molecule has 0 fully saturated rings. The van der Waals surface area contributed by atoms with E-state index in [0.29, 0.717) is 5.76 Å². The lowest BCUT2D eigenvalue weighted by molar-refractivity contribution is 0.278. The molecule has 0 unspecified atom stereocenters. The van der Waals surface area contributed by atoms with Gasteiger partial charge in [-0.25, -0.2) is 0 Å². The van der Waals surface area contributed by atoms with E-state index in [4.69, 9.17) is 0 Å². The molecule has 1 aliphatic rings. The van der Waals surface area contributed by atoms with E-state index in [2.05, 4.69) is 31.2 Å². The molecule has 1 heteroatoms. The van der Waals surface area contributed by atoms with Crippen LogP contribution in [0.2, 0.25) is 0 Å². The Hall–Kier alpha value is -1.24. The smallest absolute Gasteiger partial charge is 0.159 e. The summed E-state index contributed by atoms with van der Waals surface area (Å²) in [4.78, 5) is 0. The summed E-state index contributed by atoms with van der Waals surface area (Å²) in [6.07, 6.45) is 11.8. The van der Waals surface area contributed by atoms with Crippen molar-refractivity contribution in [2.45, 2.75) is 71.1 Å². The molecule has 2 rings (SSSR count). The third-order valence-corrected chi connectivity index (χ3v) is 4.32. The Morgan fingerprint density at radius 2 is 1.20 bits per heavy atom. The van der Waals surface area contributed by atoms with E-state index in [1.165, 1.54) is 44.1 Å². The fourth-order valence-electron chi connectivity index (χ4n) is 3.00. The molecule has 0 saturated heterocycles. The highest BCUT2D eigenvalue weighted by atomic mass is 16.3. The van der Waals surface area contributed by atoms with Gasteiger partial charge in [-0.3, -0.25) is 5.11 Å². The average molecular weight is 271 g/mol. The highest BCUT2D eigenvalue weighted by Gasteiger charge is 2.11. The van der Waals surface area contributed by atoms with Crippen LogP contribution in [0, 0.1) is 6.92 Å². The topological polar surface area (TPSA) is 19.9 Å². The first-order chi connectivity index (χ1) is 9.77. The maximum absolute atomic E-state index is 12.5. The van der Waals surface area contributed by atoms with E-state index in [1.54, 1.807) is 0 Å². The van der Waals surface area contributed by atoms with Crippen molar-refractivity contribution in [2.24, 2.45) is 0 Å².